The first-order valence-electron chi connectivity index (χ1n) is 6.87. The van der Waals surface area contributed by atoms with Crippen molar-refractivity contribution in [3.8, 4) is 5.75 Å². The van der Waals surface area contributed by atoms with Crippen molar-refractivity contribution in [3.05, 3.63) is 35.0 Å². The van der Waals surface area contributed by atoms with Crippen LogP contribution in [0.4, 0.5) is 0 Å². The average Bonchev–Trinajstić information content (AvgIpc) is 2.81. The Kier molecular flexibility index (Phi) is 3.08. The fraction of sp³-hybridized carbons (Fsp3) is 0.375. The Morgan fingerprint density at radius 2 is 2.30 bits per heavy atom. The van der Waals surface area contributed by atoms with Gasteiger partial charge in [0.2, 0.25) is 0 Å². The van der Waals surface area contributed by atoms with Crippen LogP contribution in [0.3, 0.4) is 0 Å². The highest BCUT2D eigenvalue weighted by Crippen LogP contribution is 2.37. The second-order valence-electron chi connectivity index (χ2n) is 5.09. The maximum Gasteiger partial charge on any atom is 0.338 e. The quantitative estimate of drug-likeness (QED) is 0.788. The average molecular weight is 271 g/mol. The van der Waals surface area contributed by atoms with Gasteiger partial charge in [-0.15, -0.1) is 0 Å². The summed E-state index contributed by atoms with van der Waals surface area (Å²) < 4.78 is 10.9. The zero-order valence-corrected chi connectivity index (χ0v) is 11.9. The number of carbonyl (C=O) groups is 1. The van der Waals surface area contributed by atoms with Crippen molar-refractivity contribution in [2.45, 2.75) is 33.3 Å². The highest BCUT2D eigenvalue weighted by molar-refractivity contribution is 5.97. The van der Waals surface area contributed by atoms with E-state index in [1.54, 1.807) is 13.0 Å². The number of esters is 1. The Morgan fingerprint density at radius 3 is 3.05 bits per heavy atom. The van der Waals surface area contributed by atoms with Crippen LogP contribution >= 0.6 is 0 Å². The fourth-order valence-corrected chi connectivity index (χ4v) is 2.64. The van der Waals surface area contributed by atoms with E-state index >= 15 is 0 Å². The molecule has 0 unspecified atom stereocenters. The number of benzene rings is 1. The van der Waals surface area contributed by atoms with Gasteiger partial charge in [0.25, 0.3) is 0 Å². The molecule has 4 nitrogen and oxygen atoms in total. The molecular formula is C16H17NO3. The molecule has 0 fully saturated rings. The predicted molar refractivity (Wildman–Crippen MR) is 76.2 cm³/mol. The molecule has 0 saturated heterocycles. The van der Waals surface area contributed by atoms with Crippen LogP contribution in [0.1, 0.15) is 35.5 Å². The summed E-state index contributed by atoms with van der Waals surface area (Å²) in [5.74, 6) is 0.556. The maximum absolute atomic E-state index is 11.8. The summed E-state index contributed by atoms with van der Waals surface area (Å²) in [5, 5.41) is 0.889. The minimum atomic E-state index is -0.310. The molecule has 104 valence electrons. The summed E-state index contributed by atoms with van der Waals surface area (Å²) in [6, 6.07) is 5.41. The van der Waals surface area contributed by atoms with Gasteiger partial charge in [-0.3, -0.25) is 4.98 Å². The van der Waals surface area contributed by atoms with E-state index in [1.165, 1.54) is 0 Å². The molecule has 2 aromatic rings. The highest BCUT2D eigenvalue weighted by atomic mass is 16.5. The molecule has 0 spiro atoms. The Labute approximate surface area is 117 Å². The lowest BCUT2D eigenvalue weighted by molar-refractivity contribution is 0.0526. The van der Waals surface area contributed by atoms with Crippen LogP contribution < -0.4 is 4.74 Å². The minimum absolute atomic E-state index is 0.155. The predicted octanol–water partition coefficient (Wildman–Crippen LogP) is 3.04. The molecule has 0 radical (unpaired) electrons. The molecule has 20 heavy (non-hydrogen) atoms. The van der Waals surface area contributed by atoms with E-state index in [0.717, 1.165) is 34.3 Å². The zero-order chi connectivity index (χ0) is 14.3. The van der Waals surface area contributed by atoms with Crippen molar-refractivity contribution in [1.82, 2.24) is 4.98 Å². The Hall–Kier alpha value is -2.10. The van der Waals surface area contributed by atoms with E-state index in [1.807, 2.05) is 26.0 Å². The normalized spacial score (nSPS) is 16.9. The van der Waals surface area contributed by atoms with E-state index in [0.29, 0.717) is 12.2 Å². The van der Waals surface area contributed by atoms with Gasteiger partial charge in [0.15, 0.2) is 0 Å². The molecule has 0 bridgehead atoms. The van der Waals surface area contributed by atoms with Gasteiger partial charge in [-0.25, -0.2) is 4.79 Å². The van der Waals surface area contributed by atoms with Crippen molar-refractivity contribution in [1.29, 1.82) is 0 Å². The number of aryl methyl sites for hydroxylation is 1. The van der Waals surface area contributed by atoms with Crippen molar-refractivity contribution in [3.63, 3.8) is 0 Å². The number of carbonyl (C=O) groups excluding carboxylic acids is 1. The second-order valence-corrected chi connectivity index (χ2v) is 5.09. The second kappa shape index (κ2) is 4.78. The smallest absolute Gasteiger partial charge is 0.338 e. The molecule has 0 saturated carbocycles. The summed E-state index contributed by atoms with van der Waals surface area (Å²) in [5.41, 5.74) is 3.53. The molecule has 2 heterocycles. The van der Waals surface area contributed by atoms with Crippen LogP contribution in [-0.2, 0) is 11.2 Å². The van der Waals surface area contributed by atoms with Gasteiger partial charge >= 0.3 is 5.97 Å². The number of pyridine rings is 1. The van der Waals surface area contributed by atoms with Gasteiger partial charge in [-0.05, 0) is 39.0 Å². The summed E-state index contributed by atoms with van der Waals surface area (Å²) in [7, 11) is 0. The first kappa shape index (κ1) is 12.9. The monoisotopic (exact) mass is 271 g/mol. The maximum atomic E-state index is 11.8. The van der Waals surface area contributed by atoms with Gasteiger partial charge < -0.3 is 9.47 Å². The third kappa shape index (κ3) is 2.01. The molecule has 1 aliphatic heterocycles. The first-order chi connectivity index (χ1) is 9.60. The van der Waals surface area contributed by atoms with E-state index in [2.05, 4.69) is 4.98 Å². The van der Waals surface area contributed by atoms with Crippen molar-refractivity contribution in [2.75, 3.05) is 6.61 Å². The van der Waals surface area contributed by atoms with Gasteiger partial charge in [-0.2, -0.15) is 0 Å². The lowest BCUT2D eigenvalue weighted by Crippen LogP contribution is -2.06. The van der Waals surface area contributed by atoms with Crippen molar-refractivity contribution < 1.29 is 14.3 Å². The van der Waals surface area contributed by atoms with Crippen LogP contribution in [-0.4, -0.2) is 23.7 Å². The number of rotatable bonds is 2. The largest absolute Gasteiger partial charge is 0.489 e. The SMILES string of the molecule is CCOC(=O)c1ccc2nc(C)c3c(c2c1)O[C@H](C)C3. The fourth-order valence-electron chi connectivity index (χ4n) is 2.64. The van der Waals surface area contributed by atoms with Gasteiger partial charge in [0, 0.05) is 23.1 Å². The molecule has 0 N–H and O–H groups in total. The van der Waals surface area contributed by atoms with Gasteiger partial charge in [0.05, 0.1) is 17.7 Å². The Morgan fingerprint density at radius 1 is 1.50 bits per heavy atom. The summed E-state index contributed by atoms with van der Waals surface area (Å²) in [4.78, 5) is 16.4. The highest BCUT2D eigenvalue weighted by Gasteiger charge is 2.25. The molecule has 1 aliphatic rings. The Balaban J connectivity index is 2.17. The number of nitrogens with zero attached hydrogens (tertiary/aromatic N) is 1. The topological polar surface area (TPSA) is 48.4 Å². The Bertz CT molecular complexity index is 694. The lowest BCUT2D eigenvalue weighted by Gasteiger charge is -2.09. The molecule has 3 rings (SSSR count). The van der Waals surface area contributed by atoms with Crippen molar-refractivity contribution in [2.24, 2.45) is 0 Å². The molecule has 0 amide bonds. The van der Waals surface area contributed by atoms with E-state index in [4.69, 9.17) is 9.47 Å². The molecular weight excluding hydrogens is 254 g/mol. The summed E-state index contributed by atoms with van der Waals surface area (Å²) in [6.07, 6.45) is 1.02. The number of fused-ring (bicyclic) bond motifs is 3. The van der Waals surface area contributed by atoms with E-state index in [9.17, 15) is 4.79 Å². The molecule has 1 atom stereocenters. The standard InChI is InChI=1S/C16H17NO3/c1-4-19-16(18)11-5-6-14-13(8-11)15-12(10(3)17-14)7-9(2)20-15/h5-6,8-9H,4,7H2,1-3H3/t9-/m1/s1. The molecule has 1 aromatic heterocycles. The number of ether oxygens (including phenoxy) is 2. The first-order valence-corrected chi connectivity index (χ1v) is 6.87. The minimum Gasteiger partial charge on any atom is -0.489 e. The number of hydrogen-bond acceptors (Lipinski definition) is 4. The molecule has 0 aliphatic carbocycles. The number of hydrogen-bond donors (Lipinski definition) is 0. The van der Waals surface area contributed by atoms with E-state index in [-0.39, 0.29) is 12.1 Å². The van der Waals surface area contributed by atoms with Crippen molar-refractivity contribution >= 4 is 16.9 Å². The van der Waals surface area contributed by atoms with Crippen LogP contribution in [0.15, 0.2) is 18.2 Å². The van der Waals surface area contributed by atoms with Crippen LogP contribution in [0.2, 0.25) is 0 Å². The molecule has 4 heteroatoms. The summed E-state index contributed by atoms with van der Waals surface area (Å²) in [6.45, 7) is 6.21. The lowest BCUT2D eigenvalue weighted by atomic mass is 10.0. The third-order valence-electron chi connectivity index (χ3n) is 3.56. The van der Waals surface area contributed by atoms with Crippen LogP contribution in [0.25, 0.3) is 10.9 Å². The number of aromatic nitrogens is 1. The molecule has 1 aromatic carbocycles. The van der Waals surface area contributed by atoms with Gasteiger partial charge in [0.1, 0.15) is 11.9 Å². The zero-order valence-electron chi connectivity index (χ0n) is 11.9. The van der Waals surface area contributed by atoms with E-state index < -0.39 is 0 Å². The van der Waals surface area contributed by atoms with Gasteiger partial charge in [-0.1, -0.05) is 0 Å². The van der Waals surface area contributed by atoms with Crippen LogP contribution in [0.5, 0.6) is 5.75 Å². The summed E-state index contributed by atoms with van der Waals surface area (Å²) >= 11 is 0. The third-order valence-corrected chi connectivity index (χ3v) is 3.56. The van der Waals surface area contributed by atoms with Crippen LogP contribution in [0, 0.1) is 6.92 Å².